The molecule has 1 unspecified atom stereocenters. The van der Waals surface area contributed by atoms with E-state index in [9.17, 15) is 14.4 Å². The molecule has 2 heterocycles. The molecule has 1 aromatic heterocycles. The molecule has 0 spiro atoms. The Morgan fingerprint density at radius 3 is 2.62 bits per heavy atom. The summed E-state index contributed by atoms with van der Waals surface area (Å²) < 4.78 is 6.39. The molecule has 136 valence electrons. The number of amides is 4. The number of nitrogens with zero attached hydrogens (tertiary/aromatic N) is 1. The molecule has 3 rings (SSSR count). The van der Waals surface area contributed by atoms with Crippen molar-refractivity contribution >= 4 is 39.5 Å². The fourth-order valence-electron chi connectivity index (χ4n) is 2.81. The molecular formula is C18H18BrN3O4. The number of furan rings is 1. The zero-order chi connectivity index (χ0) is 19.1. The van der Waals surface area contributed by atoms with Gasteiger partial charge in [0.15, 0.2) is 5.54 Å². The van der Waals surface area contributed by atoms with Crippen molar-refractivity contribution in [1.29, 1.82) is 0 Å². The molecule has 26 heavy (non-hydrogen) atoms. The molecule has 1 atom stereocenters. The Hall–Kier alpha value is -2.61. The highest BCUT2D eigenvalue weighted by molar-refractivity contribution is 9.10. The largest absolute Gasteiger partial charge is 0.463 e. The van der Waals surface area contributed by atoms with Crippen LogP contribution in [0.25, 0.3) is 0 Å². The molecule has 2 N–H and O–H groups in total. The molecule has 0 bridgehead atoms. The molecule has 8 heteroatoms. The fourth-order valence-corrected chi connectivity index (χ4v) is 3.29. The van der Waals surface area contributed by atoms with E-state index in [0.29, 0.717) is 17.2 Å². The standard InChI is InChI=1S/C18H18BrN3O4/c1-10-8-12(19)5-6-13(10)20-15(23)9-22-16(24)18(3,21-17(22)25)14-7-4-11(2)26-14/h4-8H,9H2,1-3H3,(H,20,23)(H,21,25). The van der Waals surface area contributed by atoms with Crippen LogP contribution in [-0.2, 0) is 15.1 Å². The first kappa shape index (κ1) is 18.2. The Morgan fingerprint density at radius 1 is 1.27 bits per heavy atom. The zero-order valence-corrected chi connectivity index (χ0v) is 16.1. The number of anilines is 1. The van der Waals surface area contributed by atoms with E-state index in [0.717, 1.165) is 14.9 Å². The van der Waals surface area contributed by atoms with Crippen LogP contribution in [0.4, 0.5) is 10.5 Å². The van der Waals surface area contributed by atoms with Gasteiger partial charge in [-0.2, -0.15) is 0 Å². The van der Waals surface area contributed by atoms with Gasteiger partial charge in [-0.25, -0.2) is 4.79 Å². The number of rotatable bonds is 4. The van der Waals surface area contributed by atoms with Gasteiger partial charge in [-0.05, 0) is 56.7 Å². The molecule has 7 nitrogen and oxygen atoms in total. The number of aryl methyl sites for hydroxylation is 2. The highest BCUT2D eigenvalue weighted by Crippen LogP contribution is 2.30. The second-order valence-corrected chi connectivity index (χ2v) is 7.28. The second kappa shape index (κ2) is 6.60. The van der Waals surface area contributed by atoms with Crippen LogP contribution in [0, 0.1) is 13.8 Å². The van der Waals surface area contributed by atoms with Crippen LogP contribution in [0.3, 0.4) is 0 Å². The van der Waals surface area contributed by atoms with E-state index in [1.165, 1.54) is 0 Å². The summed E-state index contributed by atoms with van der Waals surface area (Å²) in [5, 5.41) is 5.32. The van der Waals surface area contributed by atoms with Gasteiger partial charge in [-0.1, -0.05) is 15.9 Å². The molecule has 1 saturated heterocycles. The number of hydrogen-bond donors (Lipinski definition) is 2. The number of carbonyl (C=O) groups is 3. The van der Waals surface area contributed by atoms with Crippen LogP contribution in [-0.4, -0.2) is 29.3 Å². The van der Waals surface area contributed by atoms with Gasteiger partial charge in [0.1, 0.15) is 18.1 Å². The molecule has 2 aromatic rings. The van der Waals surface area contributed by atoms with Crippen molar-refractivity contribution in [3.63, 3.8) is 0 Å². The minimum absolute atomic E-state index is 0.333. The number of nitrogens with one attached hydrogen (secondary N) is 2. The van der Waals surface area contributed by atoms with Crippen LogP contribution in [0.15, 0.2) is 39.2 Å². The van der Waals surface area contributed by atoms with Crippen LogP contribution in [0.1, 0.15) is 24.0 Å². The van der Waals surface area contributed by atoms with Crippen molar-refractivity contribution in [1.82, 2.24) is 10.2 Å². The molecule has 1 aliphatic heterocycles. The number of carbonyl (C=O) groups excluding carboxylic acids is 3. The van der Waals surface area contributed by atoms with E-state index in [-0.39, 0.29) is 6.54 Å². The Balaban J connectivity index is 1.74. The number of benzene rings is 1. The van der Waals surface area contributed by atoms with Gasteiger partial charge in [0.05, 0.1) is 0 Å². The van der Waals surface area contributed by atoms with E-state index in [1.807, 2.05) is 13.0 Å². The molecule has 0 saturated carbocycles. The summed E-state index contributed by atoms with van der Waals surface area (Å²) in [5.74, 6) is -0.0245. The average molecular weight is 420 g/mol. The van der Waals surface area contributed by atoms with Crippen molar-refractivity contribution in [3.8, 4) is 0 Å². The van der Waals surface area contributed by atoms with Gasteiger partial charge in [0.25, 0.3) is 5.91 Å². The van der Waals surface area contributed by atoms with E-state index in [2.05, 4.69) is 26.6 Å². The van der Waals surface area contributed by atoms with Crippen LogP contribution in [0.5, 0.6) is 0 Å². The molecular weight excluding hydrogens is 402 g/mol. The third-order valence-corrected chi connectivity index (χ3v) is 4.77. The van der Waals surface area contributed by atoms with Gasteiger partial charge in [-0.15, -0.1) is 0 Å². The van der Waals surface area contributed by atoms with Gasteiger partial charge < -0.3 is 15.1 Å². The van der Waals surface area contributed by atoms with Crippen molar-refractivity contribution < 1.29 is 18.8 Å². The highest BCUT2D eigenvalue weighted by atomic mass is 79.9. The monoisotopic (exact) mass is 419 g/mol. The van der Waals surface area contributed by atoms with Crippen molar-refractivity contribution in [3.05, 3.63) is 51.9 Å². The lowest BCUT2D eigenvalue weighted by Gasteiger charge is -2.19. The summed E-state index contributed by atoms with van der Waals surface area (Å²) in [6.07, 6.45) is 0. The molecule has 1 aliphatic rings. The number of halogens is 1. The maximum absolute atomic E-state index is 12.7. The van der Waals surface area contributed by atoms with E-state index < -0.39 is 23.4 Å². The summed E-state index contributed by atoms with van der Waals surface area (Å²) in [7, 11) is 0. The first-order chi connectivity index (χ1) is 12.2. The maximum Gasteiger partial charge on any atom is 0.325 e. The molecule has 4 amide bonds. The quantitative estimate of drug-likeness (QED) is 0.744. The summed E-state index contributed by atoms with van der Waals surface area (Å²) in [5.41, 5.74) is 0.162. The summed E-state index contributed by atoms with van der Waals surface area (Å²) >= 11 is 3.36. The number of urea groups is 1. The average Bonchev–Trinajstić information content (AvgIpc) is 3.09. The first-order valence-corrected chi connectivity index (χ1v) is 8.77. The topological polar surface area (TPSA) is 91.7 Å². The lowest BCUT2D eigenvalue weighted by atomic mass is 9.99. The predicted octanol–water partition coefficient (Wildman–Crippen LogP) is 3.06. The minimum Gasteiger partial charge on any atom is -0.463 e. The summed E-state index contributed by atoms with van der Waals surface area (Å²) in [4.78, 5) is 38.2. The zero-order valence-electron chi connectivity index (χ0n) is 14.6. The number of hydrogen-bond acceptors (Lipinski definition) is 4. The lowest BCUT2D eigenvalue weighted by Crippen LogP contribution is -2.41. The Kier molecular flexibility index (Phi) is 4.62. The normalized spacial score (nSPS) is 19.6. The lowest BCUT2D eigenvalue weighted by molar-refractivity contribution is -0.134. The predicted molar refractivity (Wildman–Crippen MR) is 98.6 cm³/mol. The van der Waals surface area contributed by atoms with Crippen molar-refractivity contribution in [2.75, 3.05) is 11.9 Å². The summed E-state index contributed by atoms with van der Waals surface area (Å²) in [6, 6.07) is 8.13. The van der Waals surface area contributed by atoms with E-state index in [1.54, 1.807) is 38.1 Å². The summed E-state index contributed by atoms with van der Waals surface area (Å²) in [6.45, 7) is 4.78. The Bertz CT molecular complexity index is 908. The van der Waals surface area contributed by atoms with Crippen LogP contribution >= 0.6 is 15.9 Å². The SMILES string of the molecule is Cc1ccc(C2(C)NC(=O)N(CC(=O)Nc3ccc(Br)cc3C)C2=O)o1. The van der Waals surface area contributed by atoms with Gasteiger partial charge in [-0.3, -0.25) is 14.5 Å². The third kappa shape index (κ3) is 3.24. The second-order valence-electron chi connectivity index (χ2n) is 6.36. The van der Waals surface area contributed by atoms with Crippen molar-refractivity contribution in [2.24, 2.45) is 0 Å². The molecule has 0 aliphatic carbocycles. The maximum atomic E-state index is 12.7. The van der Waals surface area contributed by atoms with Crippen LogP contribution < -0.4 is 10.6 Å². The van der Waals surface area contributed by atoms with Gasteiger partial charge in [0.2, 0.25) is 5.91 Å². The molecule has 1 fully saturated rings. The first-order valence-electron chi connectivity index (χ1n) is 7.98. The van der Waals surface area contributed by atoms with E-state index >= 15 is 0 Å². The van der Waals surface area contributed by atoms with Crippen molar-refractivity contribution in [2.45, 2.75) is 26.3 Å². The number of imide groups is 1. The van der Waals surface area contributed by atoms with Crippen LogP contribution in [0.2, 0.25) is 0 Å². The Labute approximate surface area is 158 Å². The van der Waals surface area contributed by atoms with E-state index in [4.69, 9.17) is 4.42 Å². The van der Waals surface area contributed by atoms with Gasteiger partial charge in [0, 0.05) is 10.2 Å². The van der Waals surface area contributed by atoms with Gasteiger partial charge >= 0.3 is 6.03 Å². The molecule has 0 radical (unpaired) electrons. The fraction of sp³-hybridized carbons (Fsp3) is 0.278. The Morgan fingerprint density at radius 2 is 2.00 bits per heavy atom. The highest BCUT2D eigenvalue weighted by Gasteiger charge is 2.51. The smallest absolute Gasteiger partial charge is 0.325 e. The minimum atomic E-state index is -1.32. The molecule has 1 aromatic carbocycles. The third-order valence-electron chi connectivity index (χ3n) is 4.27.